The van der Waals surface area contributed by atoms with Gasteiger partial charge in [0, 0.05) is 5.56 Å². The van der Waals surface area contributed by atoms with Gasteiger partial charge in [-0.25, -0.2) is 0 Å². The third kappa shape index (κ3) is 2.57. The van der Waals surface area contributed by atoms with Crippen LogP contribution in [0.5, 0.6) is 5.75 Å². The van der Waals surface area contributed by atoms with Crippen molar-refractivity contribution in [3.05, 3.63) is 42.0 Å². The molecule has 2 aromatic rings. The second-order valence-corrected chi connectivity index (χ2v) is 4.08. The number of fused-ring (bicyclic) bond motifs is 1. The molecule has 0 aromatic heterocycles. The number of ether oxygens (including phenoxy) is 1. The van der Waals surface area contributed by atoms with Crippen LogP contribution in [0.2, 0.25) is 0 Å². The van der Waals surface area contributed by atoms with Crippen molar-refractivity contribution in [2.24, 2.45) is 0 Å². The Hall–Kier alpha value is -1.58. The molecule has 0 radical (unpaired) electrons. The summed E-state index contributed by atoms with van der Waals surface area (Å²) in [5.74, 6) is 0.632. The Labute approximate surface area is 100 Å². The van der Waals surface area contributed by atoms with E-state index < -0.39 is 6.10 Å². The first-order valence-electron chi connectivity index (χ1n) is 5.64. The van der Waals surface area contributed by atoms with Crippen molar-refractivity contribution in [3.8, 4) is 5.75 Å². The molecule has 3 heteroatoms. The van der Waals surface area contributed by atoms with Crippen LogP contribution in [0.15, 0.2) is 36.4 Å². The van der Waals surface area contributed by atoms with Crippen LogP contribution in [-0.4, -0.2) is 22.9 Å². The van der Waals surface area contributed by atoms with Gasteiger partial charge < -0.3 is 14.9 Å². The van der Waals surface area contributed by atoms with Crippen LogP contribution in [0.4, 0.5) is 0 Å². The summed E-state index contributed by atoms with van der Waals surface area (Å²) in [5.41, 5.74) is 0.767. The summed E-state index contributed by atoms with van der Waals surface area (Å²) < 4.78 is 5.49. The number of benzene rings is 2. The normalized spacial score (nSPS) is 12.6. The van der Waals surface area contributed by atoms with Crippen molar-refractivity contribution in [2.75, 3.05) is 6.61 Å². The Morgan fingerprint density at radius 1 is 1.18 bits per heavy atom. The SMILES string of the molecule is CC(O)COc1ccc2ccccc2c1CO. The molecule has 90 valence electrons. The molecule has 0 aliphatic carbocycles. The fourth-order valence-corrected chi connectivity index (χ4v) is 1.82. The lowest BCUT2D eigenvalue weighted by Gasteiger charge is -2.13. The third-order valence-corrected chi connectivity index (χ3v) is 2.64. The Bertz CT molecular complexity index is 506. The second kappa shape index (κ2) is 5.17. The highest BCUT2D eigenvalue weighted by molar-refractivity contribution is 5.87. The lowest BCUT2D eigenvalue weighted by molar-refractivity contribution is 0.121. The van der Waals surface area contributed by atoms with Crippen LogP contribution in [0.3, 0.4) is 0 Å². The van der Waals surface area contributed by atoms with Gasteiger partial charge in [0.15, 0.2) is 0 Å². The maximum Gasteiger partial charge on any atom is 0.125 e. The Balaban J connectivity index is 2.42. The highest BCUT2D eigenvalue weighted by atomic mass is 16.5. The molecule has 1 unspecified atom stereocenters. The predicted molar refractivity (Wildman–Crippen MR) is 67.0 cm³/mol. The minimum atomic E-state index is -0.520. The molecule has 2 rings (SSSR count). The zero-order valence-electron chi connectivity index (χ0n) is 9.76. The molecule has 0 saturated carbocycles. The largest absolute Gasteiger partial charge is 0.491 e. The summed E-state index contributed by atoms with van der Waals surface area (Å²) in [7, 11) is 0. The van der Waals surface area contributed by atoms with Gasteiger partial charge in [0.1, 0.15) is 12.4 Å². The van der Waals surface area contributed by atoms with E-state index in [1.54, 1.807) is 6.92 Å². The summed E-state index contributed by atoms with van der Waals surface area (Å²) in [6, 6.07) is 11.6. The molecule has 0 fully saturated rings. The van der Waals surface area contributed by atoms with Gasteiger partial charge in [-0.05, 0) is 23.8 Å². The molecular weight excluding hydrogens is 216 g/mol. The lowest BCUT2D eigenvalue weighted by Crippen LogP contribution is -2.13. The molecule has 0 bridgehead atoms. The van der Waals surface area contributed by atoms with E-state index in [9.17, 15) is 10.2 Å². The van der Waals surface area contributed by atoms with Gasteiger partial charge in [-0.3, -0.25) is 0 Å². The fraction of sp³-hybridized carbons (Fsp3) is 0.286. The summed E-state index contributed by atoms with van der Waals surface area (Å²) in [4.78, 5) is 0. The summed E-state index contributed by atoms with van der Waals surface area (Å²) in [6.45, 7) is 1.82. The summed E-state index contributed by atoms with van der Waals surface area (Å²) in [6.07, 6.45) is -0.520. The van der Waals surface area contributed by atoms with Crippen molar-refractivity contribution in [3.63, 3.8) is 0 Å². The maximum atomic E-state index is 9.44. The number of aliphatic hydroxyl groups excluding tert-OH is 2. The van der Waals surface area contributed by atoms with E-state index in [0.29, 0.717) is 5.75 Å². The topological polar surface area (TPSA) is 49.7 Å². The van der Waals surface area contributed by atoms with Crippen LogP contribution in [0.25, 0.3) is 10.8 Å². The zero-order valence-corrected chi connectivity index (χ0v) is 9.76. The molecule has 0 saturated heterocycles. The van der Waals surface area contributed by atoms with Crippen LogP contribution in [0.1, 0.15) is 12.5 Å². The first-order chi connectivity index (χ1) is 8.22. The third-order valence-electron chi connectivity index (χ3n) is 2.64. The number of aliphatic hydroxyl groups is 2. The summed E-state index contributed by atoms with van der Waals surface area (Å²) >= 11 is 0. The van der Waals surface area contributed by atoms with E-state index in [1.165, 1.54) is 0 Å². The number of rotatable bonds is 4. The van der Waals surface area contributed by atoms with Crippen molar-refractivity contribution < 1.29 is 14.9 Å². The van der Waals surface area contributed by atoms with Gasteiger partial charge in [0.05, 0.1) is 12.7 Å². The Morgan fingerprint density at radius 3 is 2.65 bits per heavy atom. The summed E-state index contributed by atoms with van der Waals surface area (Å²) in [5, 5.41) is 20.7. The molecule has 0 spiro atoms. The first-order valence-corrected chi connectivity index (χ1v) is 5.64. The molecule has 0 amide bonds. The molecule has 0 aliphatic heterocycles. The van der Waals surface area contributed by atoms with E-state index >= 15 is 0 Å². The van der Waals surface area contributed by atoms with E-state index in [4.69, 9.17) is 4.74 Å². The van der Waals surface area contributed by atoms with Gasteiger partial charge in [0.25, 0.3) is 0 Å². The van der Waals surface area contributed by atoms with Crippen LogP contribution in [-0.2, 0) is 6.61 Å². The smallest absolute Gasteiger partial charge is 0.125 e. The standard InChI is InChI=1S/C14H16O3/c1-10(16)9-17-14-7-6-11-4-2-3-5-12(11)13(14)8-15/h2-7,10,15-16H,8-9H2,1H3. The Morgan fingerprint density at radius 2 is 1.94 bits per heavy atom. The minimum absolute atomic E-state index is 0.0729. The molecule has 2 aromatic carbocycles. The molecule has 2 N–H and O–H groups in total. The quantitative estimate of drug-likeness (QED) is 0.848. The molecule has 0 heterocycles. The van der Waals surface area contributed by atoms with Gasteiger partial charge in [-0.15, -0.1) is 0 Å². The first kappa shape index (κ1) is 11.9. The molecule has 17 heavy (non-hydrogen) atoms. The number of hydrogen-bond acceptors (Lipinski definition) is 3. The van der Waals surface area contributed by atoms with E-state index in [1.807, 2.05) is 36.4 Å². The van der Waals surface area contributed by atoms with Crippen LogP contribution >= 0.6 is 0 Å². The van der Waals surface area contributed by atoms with Crippen molar-refractivity contribution in [1.82, 2.24) is 0 Å². The van der Waals surface area contributed by atoms with E-state index in [0.717, 1.165) is 16.3 Å². The monoisotopic (exact) mass is 232 g/mol. The second-order valence-electron chi connectivity index (χ2n) is 4.08. The lowest BCUT2D eigenvalue weighted by atomic mass is 10.0. The number of hydrogen-bond donors (Lipinski definition) is 2. The van der Waals surface area contributed by atoms with E-state index in [2.05, 4.69) is 0 Å². The average molecular weight is 232 g/mol. The highest BCUT2D eigenvalue weighted by Gasteiger charge is 2.08. The van der Waals surface area contributed by atoms with Crippen LogP contribution in [0, 0.1) is 0 Å². The molecule has 3 nitrogen and oxygen atoms in total. The van der Waals surface area contributed by atoms with Gasteiger partial charge in [0.2, 0.25) is 0 Å². The van der Waals surface area contributed by atoms with Crippen molar-refractivity contribution in [1.29, 1.82) is 0 Å². The molecule has 1 atom stereocenters. The van der Waals surface area contributed by atoms with Gasteiger partial charge >= 0.3 is 0 Å². The van der Waals surface area contributed by atoms with Crippen molar-refractivity contribution in [2.45, 2.75) is 19.6 Å². The maximum absolute atomic E-state index is 9.44. The van der Waals surface area contributed by atoms with Crippen LogP contribution < -0.4 is 4.74 Å². The fourth-order valence-electron chi connectivity index (χ4n) is 1.82. The zero-order chi connectivity index (χ0) is 12.3. The highest BCUT2D eigenvalue weighted by Crippen LogP contribution is 2.28. The molecular formula is C14H16O3. The minimum Gasteiger partial charge on any atom is -0.491 e. The molecule has 0 aliphatic rings. The average Bonchev–Trinajstić information content (AvgIpc) is 2.35. The Kier molecular flexibility index (Phi) is 3.61. The van der Waals surface area contributed by atoms with Crippen molar-refractivity contribution >= 4 is 10.8 Å². The van der Waals surface area contributed by atoms with Gasteiger partial charge in [-0.2, -0.15) is 0 Å². The van der Waals surface area contributed by atoms with E-state index in [-0.39, 0.29) is 13.2 Å². The predicted octanol–water partition coefficient (Wildman–Crippen LogP) is 2.09. The van der Waals surface area contributed by atoms with Gasteiger partial charge in [-0.1, -0.05) is 30.3 Å².